The van der Waals surface area contributed by atoms with E-state index in [0.717, 1.165) is 12.3 Å². The molecule has 1 rings (SSSR count). The molecular formula is C5H4NO4. The quantitative estimate of drug-likeness (QED) is 0.458. The molecule has 0 fully saturated rings. The lowest BCUT2D eigenvalue weighted by Gasteiger charge is -1.85. The number of nitro groups is 1. The van der Waals surface area contributed by atoms with Crippen LogP contribution in [-0.4, -0.2) is 4.92 Å². The van der Waals surface area contributed by atoms with Gasteiger partial charge in [0.25, 0.3) is 0 Å². The Bertz CT molecular complexity index is 242. The maximum atomic E-state index is 10.1. The van der Waals surface area contributed by atoms with Crippen LogP contribution in [0.2, 0.25) is 0 Å². The van der Waals surface area contributed by atoms with Gasteiger partial charge in [-0.25, -0.2) is 5.11 Å². The Morgan fingerprint density at radius 2 is 2.40 bits per heavy atom. The predicted octanol–water partition coefficient (Wildman–Crippen LogP) is 1.12. The zero-order chi connectivity index (χ0) is 7.56. The largest absolute Gasteiger partial charge is 0.459 e. The van der Waals surface area contributed by atoms with Crippen molar-refractivity contribution in [3.8, 4) is 0 Å². The fraction of sp³-hybridized carbons (Fsp3) is 0.200. The molecule has 10 heavy (non-hydrogen) atoms. The van der Waals surface area contributed by atoms with Crippen LogP contribution < -0.4 is 0 Å². The molecule has 0 aliphatic carbocycles. The van der Waals surface area contributed by atoms with Crippen LogP contribution in [-0.2, 0) is 11.7 Å². The molecule has 1 radical (unpaired) electrons. The van der Waals surface area contributed by atoms with E-state index in [4.69, 9.17) is 0 Å². The molecule has 0 saturated carbocycles. The summed E-state index contributed by atoms with van der Waals surface area (Å²) in [7, 11) is 0. The van der Waals surface area contributed by atoms with E-state index in [-0.39, 0.29) is 11.4 Å². The maximum Gasteiger partial charge on any atom is 0.312 e. The van der Waals surface area contributed by atoms with E-state index in [0.29, 0.717) is 0 Å². The van der Waals surface area contributed by atoms with Crippen LogP contribution in [0.4, 0.5) is 5.69 Å². The first kappa shape index (κ1) is 6.76. The van der Waals surface area contributed by atoms with Crippen molar-refractivity contribution < 1.29 is 14.4 Å². The average molecular weight is 142 g/mol. The van der Waals surface area contributed by atoms with Gasteiger partial charge in [-0.3, -0.25) is 10.1 Å². The molecule has 1 aromatic heterocycles. The number of hydrogen-bond donors (Lipinski definition) is 0. The third-order valence-corrected chi connectivity index (χ3v) is 1.05. The second-order valence-corrected chi connectivity index (χ2v) is 1.63. The highest BCUT2D eigenvalue weighted by molar-refractivity contribution is 5.31. The Labute approximate surface area is 56.0 Å². The minimum atomic E-state index is -0.691. The van der Waals surface area contributed by atoms with Gasteiger partial charge >= 0.3 is 5.69 Å². The van der Waals surface area contributed by atoms with Gasteiger partial charge in [0.1, 0.15) is 6.61 Å². The highest BCUT2D eigenvalue weighted by Crippen LogP contribution is 2.18. The highest BCUT2D eigenvalue weighted by Gasteiger charge is 2.15. The minimum Gasteiger partial charge on any atom is -0.459 e. The molecule has 0 spiro atoms. The molecule has 0 bridgehead atoms. The van der Waals surface area contributed by atoms with Gasteiger partial charge in [-0.05, 0) is 0 Å². The van der Waals surface area contributed by atoms with Crippen molar-refractivity contribution in [3.63, 3.8) is 0 Å². The van der Waals surface area contributed by atoms with Gasteiger partial charge < -0.3 is 4.42 Å². The maximum absolute atomic E-state index is 10.1. The smallest absolute Gasteiger partial charge is 0.312 e. The Hall–Kier alpha value is -1.36. The van der Waals surface area contributed by atoms with Gasteiger partial charge in [0, 0.05) is 0 Å². The molecule has 0 aromatic carbocycles. The third-order valence-electron chi connectivity index (χ3n) is 1.05. The number of nitrogens with zero attached hydrogens (tertiary/aromatic N) is 1. The monoisotopic (exact) mass is 142 g/mol. The van der Waals surface area contributed by atoms with E-state index in [1.807, 2.05) is 0 Å². The predicted molar refractivity (Wildman–Crippen MR) is 29.8 cm³/mol. The molecule has 0 atom stereocenters. The molecule has 0 aliphatic rings. The standard InChI is InChI=1S/C5H4NO4/c7-3-5-4(6(8)9)1-2-10-5/h1-2H,3H2. The Kier molecular flexibility index (Phi) is 1.68. The van der Waals surface area contributed by atoms with Crippen molar-refractivity contribution in [2.24, 2.45) is 0 Å². The SMILES string of the molecule is [O]Cc1occc1[N+](=O)[O-]. The average Bonchev–Trinajstić information content (AvgIpc) is 2.33. The van der Waals surface area contributed by atoms with Gasteiger partial charge in [0.05, 0.1) is 17.3 Å². The molecule has 0 N–H and O–H groups in total. The van der Waals surface area contributed by atoms with E-state index >= 15 is 0 Å². The molecular weight excluding hydrogens is 138 g/mol. The summed E-state index contributed by atoms with van der Waals surface area (Å²) in [6.45, 7) is -0.691. The van der Waals surface area contributed by atoms with Gasteiger partial charge in [0.15, 0.2) is 0 Å². The third kappa shape index (κ3) is 0.985. The first-order valence-electron chi connectivity index (χ1n) is 2.54. The number of furan rings is 1. The van der Waals surface area contributed by atoms with E-state index in [2.05, 4.69) is 4.42 Å². The van der Waals surface area contributed by atoms with E-state index < -0.39 is 11.5 Å². The summed E-state index contributed by atoms with van der Waals surface area (Å²) in [5.41, 5.74) is -0.241. The Morgan fingerprint density at radius 3 is 2.80 bits per heavy atom. The van der Waals surface area contributed by atoms with E-state index in [9.17, 15) is 15.2 Å². The van der Waals surface area contributed by atoms with Crippen LogP contribution in [0.15, 0.2) is 16.7 Å². The van der Waals surface area contributed by atoms with Crippen molar-refractivity contribution in [1.82, 2.24) is 0 Å². The van der Waals surface area contributed by atoms with Gasteiger partial charge in [0.2, 0.25) is 5.76 Å². The summed E-state index contributed by atoms with van der Waals surface area (Å²) in [5, 5.41) is 20.2. The molecule has 0 aliphatic heterocycles. The zero-order valence-corrected chi connectivity index (χ0v) is 4.94. The van der Waals surface area contributed by atoms with Crippen LogP contribution in [0.25, 0.3) is 0 Å². The lowest BCUT2D eigenvalue weighted by Crippen LogP contribution is -1.89. The molecule has 53 valence electrons. The fourth-order valence-electron chi connectivity index (χ4n) is 0.605. The number of hydrogen-bond acceptors (Lipinski definition) is 3. The van der Waals surface area contributed by atoms with Crippen molar-refractivity contribution in [2.45, 2.75) is 6.61 Å². The second kappa shape index (κ2) is 2.49. The summed E-state index contributed by atoms with van der Waals surface area (Å²) < 4.78 is 4.52. The fourth-order valence-corrected chi connectivity index (χ4v) is 0.605. The molecule has 0 saturated heterocycles. The van der Waals surface area contributed by atoms with Crippen LogP contribution in [0.3, 0.4) is 0 Å². The molecule has 0 amide bonds. The molecule has 1 aromatic rings. The summed E-state index contributed by atoms with van der Waals surface area (Å²) in [6.07, 6.45) is 1.13. The normalized spacial score (nSPS) is 9.70. The molecule has 1 heterocycles. The summed E-state index contributed by atoms with van der Waals surface area (Å²) in [5.74, 6) is -0.120. The lowest BCUT2D eigenvalue weighted by molar-refractivity contribution is -0.386. The van der Waals surface area contributed by atoms with Crippen LogP contribution in [0.1, 0.15) is 5.76 Å². The van der Waals surface area contributed by atoms with Gasteiger partial charge in [-0.1, -0.05) is 0 Å². The zero-order valence-electron chi connectivity index (χ0n) is 4.94. The molecule has 5 nitrogen and oxygen atoms in total. The Balaban J connectivity index is 3.01. The van der Waals surface area contributed by atoms with E-state index in [1.165, 1.54) is 0 Å². The van der Waals surface area contributed by atoms with Crippen molar-refractivity contribution in [3.05, 3.63) is 28.2 Å². The second-order valence-electron chi connectivity index (χ2n) is 1.63. The van der Waals surface area contributed by atoms with Gasteiger partial charge in [-0.2, -0.15) is 0 Å². The summed E-state index contributed by atoms with van der Waals surface area (Å²) >= 11 is 0. The van der Waals surface area contributed by atoms with Crippen molar-refractivity contribution in [2.75, 3.05) is 0 Å². The van der Waals surface area contributed by atoms with Crippen molar-refractivity contribution in [1.29, 1.82) is 0 Å². The summed E-state index contributed by atoms with van der Waals surface area (Å²) in [4.78, 5) is 9.41. The van der Waals surface area contributed by atoms with E-state index in [1.54, 1.807) is 0 Å². The van der Waals surface area contributed by atoms with Crippen LogP contribution in [0.5, 0.6) is 0 Å². The minimum absolute atomic E-state index is 0.120. The molecule has 0 unspecified atom stereocenters. The molecule has 5 heteroatoms. The first-order valence-corrected chi connectivity index (χ1v) is 2.54. The topological polar surface area (TPSA) is 76.2 Å². The highest BCUT2D eigenvalue weighted by atomic mass is 16.6. The van der Waals surface area contributed by atoms with Crippen molar-refractivity contribution >= 4 is 5.69 Å². The van der Waals surface area contributed by atoms with Crippen LogP contribution >= 0.6 is 0 Å². The first-order chi connectivity index (χ1) is 4.75. The lowest BCUT2D eigenvalue weighted by atomic mass is 10.4. The number of rotatable bonds is 2. The Morgan fingerprint density at radius 1 is 1.70 bits per heavy atom. The van der Waals surface area contributed by atoms with Gasteiger partial charge in [-0.15, -0.1) is 0 Å². The van der Waals surface area contributed by atoms with Crippen LogP contribution in [0, 0.1) is 10.1 Å². The summed E-state index contributed by atoms with van der Waals surface area (Å²) in [6, 6.07) is 1.16.